The van der Waals surface area contributed by atoms with Gasteiger partial charge in [-0.2, -0.15) is 13.2 Å². The van der Waals surface area contributed by atoms with Crippen LogP contribution < -0.4 is 10.9 Å². The summed E-state index contributed by atoms with van der Waals surface area (Å²) in [5.74, 6) is -0.608. The average molecular weight is 506 g/mol. The lowest BCUT2D eigenvalue weighted by Crippen LogP contribution is -2.25. The molecule has 0 saturated carbocycles. The molecule has 178 valence electrons. The second kappa shape index (κ2) is 9.50. The highest BCUT2D eigenvalue weighted by molar-refractivity contribution is 8.00. The molecule has 4 rings (SSSR count). The SMILES string of the molecule is Cc1cc(C)cc(-n2c(SCC(=O)Nc3cccc(C(F)(F)F)c3)nc3c(c2=O)SC(C)C3)c1. The lowest BCUT2D eigenvalue weighted by atomic mass is 10.1. The predicted molar refractivity (Wildman–Crippen MR) is 129 cm³/mol. The first-order chi connectivity index (χ1) is 16.0. The van der Waals surface area contributed by atoms with Crippen molar-refractivity contribution in [3.63, 3.8) is 0 Å². The number of nitrogens with zero attached hydrogens (tertiary/aromatic N) is 2. The number of fused-ring (bicyclic) bond motifs is 1. The van der Waals surface area contributed by atoms with Gasteiger partial charge in [-0.25, -0.2) is 4.98 Å². The van der Waals surface area contributed by atoms with Crippen LogP contribution in [0.25, 0.3) is 5.69 Å². The van der Waals surface area contributed by atoms with Gasteiger partial charge in [0.1, 0.15) is 0 Å². The van der Waals surface area contributed by atoms with Crippen molar-refractivity contribution in [1.82, 2.24) is 9.55 Å². The zero-order valence-corrected chi connectivity index (χ0v) is 20.3. The van der Waals surface area contributed by atoms with Crippen molar-refractivity contribution in [2.24, 2.45) is 0 Å². The van der Waals surface area contributed by atoms with Crippen LogP contribution in [-0.2, 0) is 17.4 Å². The molecule has 1 atom stereocenters. The molecule has 1 aromatic heterocycles. The molecule has 1 aliphatic rings. The summed E-state index contributed by atoms with van der Waals surface area (Å²) in [5.41, 5.74) is 2.39. The van der Waals surface area contributed by atoms with E-state index in [1.807, 2.05) is 39.0 Å². The normalized spacial score (nSPS) is 15.3. The van der Waals surface area contributed by atoms with E-state index in [9.17, 15) is 22.8 Å². The van der Waals surface area contributed by atoms with E-state index in [0.29, 0.717) is 27.9 Å². The molecule has 0 saturated heterocycles. The number of carbonyl (C=O) groups excluding carboxylic acids is 1. The molecule has 2 heterocycles. The summed E-state index contributed by atoms with van der Waals surface area (Å²) in [6.45, 7) is 5.91. The molecular weight excluding hydrogens is 483 g/mol. The number of aromatic nitrogens is 2. The average Bonchev–Trinajstić information content (AvgIpc) is 3.12. The van der Waals surface area contributed by atoms with Gasteiger partial charge in [-0.3, -0.25) is 14.2 Å². The minimum absolute atomic E-state index is 0.0549. The fourth-order valence-electron chi connectivity index (χ4n) is 3.80. The van der Waals surface area contributed by atoms with Gasteiger partial charge < -0.3 is 5.32 Å². The summed E-state index contributed by atoms with van der Waals surface area (Å²) in [6, 6.07) is 10.2. The summed E-state index contributed by atoms with van der Waals surface area (Å²) in [6.07, 6.45) is -3.84. The van der Waals surface area contributed by atoms with Crippen LogP contribution in [0.3, 0.4) is 0 Å². The van der Waals surface area contributed by atoms with E-state index in [2.05, 4.69) is 5.32 Å². The number of aryl methyl sites for hydroxylation is 2. The molecule has 0 fully saturated rings. The molecule has 1 aliphatic heterocycles. The van der Waals surface area contributed by atoms with Gasteiger partial charge >= 0.3 is 6.18 Å². The quantitative estimate of drug-likeness (QED) is 0.359. The Labute approximate surface area is 203 Å². The molecule has 1 unspecified atom stereocenters. The number of carbonyl (C=O) groups is 1. The summed E-state index contributed by atoms with van der Waals surface area (Å²) in [5, 5.41) is 3.10. The molecule has 0 aliphatic carbocycles. The number of alkyl halides is 3. The smallest absolute Gasteiger partial charge is 0.325 e. The molecule has 0 spiro atoms. The van der Waals surface area contributed by atoms with Gasteiger partial charge in [0.05, 0.1) is 27.6 Å². The molecule has 5 nitrogen and oxygen atoms in total. The predicted octanol–water partition coefficient (Wildman–Crippen LogP) is 5.64. The highest BCUT2D eigenvalue weighted by Gasteiger charge is 2.30. The number of nitrogens with one attached hydrogen (secondary N) is 1. The monoisotopic (exact) mass is 505 g/mol. The Morgan fingerprint density at radius 1 is 1.21 bits per heavy atom. The molecular formula is C24H22F3N3O2S2. The van der Waals surface area contributed by atoms with Crippen LogP contribution in [0, 0.1) is 13.8 Å². The highest BCUT2D eigenvalue weighted by Crippen LogP contribution is 2.35. The minimum atomic E-state index is -4.50. The van der Waals surface area contributed by atoms with Crippen LogP contribution in [0.4, 0.5) is 18.9 Å². The van der Waals surface area contributed by atoms with E-state index in [1.165, 1.54) is 28.5 Å². The summed E-state index contributed by atoms with van der Waals surface area (Å²) in [4.78, 5) is 31.3. The topological polar surface area (TPSA) is 64.0 Å². The van der Waals surface area contributed by atoms with Crippen molar-refractivity contribution in [2.45, 2.75) is 48.7 Å². The van der Waals surface area contributed by atoms with Crippen molar-refractivity contribution in [3.8, 4) is 5.69 Å². The van der Waals surface area contributed by atoms with Crippen LogP contribution in [0.2, 0.25) is 0 Å². The van der Waals surface area contributed by atoms with Crippen LogP contribution >= 0.6 is 23.5 Å². The van der Waals surface area contributed by atoms with Gasteiger partial charge in [0.15, 0.2) is 5.16 Å². The van der Waals surface area contributed by atoms with Crippen LogP contribution in [0.1, 0.15) is 29.3 Å². The van der Waals surface area contributed by atoms with Gasteiger partial charge in [-0.15, -0.1) is 11.8 Å². The number of hydrogen-bond acceptors (Lipinski definition) is 5. The van der Waals surface area contributed by atoms with Crippen molar-refractivity contribution in [2.75, 3.05) is 11.1 Å². The second-order valence-corrected chi connectivity index (χ2v) is 10.6. The first kappa shape index (κ1) is 24.4. The summed E-state index contributed by atoms with van der Waals surface area (Å²) < 4.78 is 40.4. The second-order valence-electron chi connectivity index (χ2n) is 8.20. The van der Waals surface area contributed by atoms with Crippen molar-refractivity contribution in [3.05, 3.63) is 75.2 Å². The standard InChI is InChI=1S/C24H22F3N3O2S2/c1-13-7-14(2)9-18(8-13)30-22(32)21-19(10-15(3)34-21)29-23(30)33-12-20(31)28-17-6-4-5-16(11-17)24(25,26)27/h4-9,11,15H,10,12H2,1-3H3,(H,28,31). The molecule has 3 aromatic rings. The maximum atomic E-state index is 13.4. The largest absolute Gasteiger partial charge is 0.416 e. The van der Waals surface area contributed by atoms with Crippen LogP contribution in [-0.4, -0.2) is 26.5 Å². The van der Waals surface area contributed by atoms with Gasteiger partial charge in [0, 0.05) is 17.4 Å². The molecule has 0 bridgehead atoms. The Morgan fingerprint density at radius 2 is 1.91 bits per heavy atom. The third kappa shape index (κ3) is 5.33. The molecule has 1 amide bonds. The van der Waals surface area contributed by atoms with E-state index in [0.717, 1.165) is 35.0 Å². The van der Waals surface area contributed by atoms with Crippen molar-refractivity contribution < 1.29 is 18.0 Å². The fourth-order valence-corrected chi connectivity index (χ4v) is 5.73. The van der Waals surface area contributed by atoms with Crippen LogP contribution in [0.5, 0.6) is 0 Å². The molecule has 2 aromatic carbocycles. The van der Waals surface area contributed by atoms with Crippen molar-refractivity contribution >= 4 is 35.1 Å². The van der Waals surface area contributed by atoms with E-state index in [-0.39, 0.29) is 22.2 Å². The lowest BCUT2D eigenvalue weighted by molar-refractivity contribution is -0.137. The Hall–Kier alpha value is -2.72. The number of benzene rings is 2. The van der Waals surface area contributed by atoms with Gasteiger partial charge in [0.2, 0.25) is 5.91 Å². The van der Waals surface area contributed by atoms with E-state index in [4.69, 9.17) is 4.98 Å². The molecule has 34 heavy (non-hydrogen) atoms. The van der Waals surface area contributed by atoms with E-state index in [1.54, 1.807) is 0 Å². The Kier molecular flexibility index (Phi) is 6.82. The van der Waals surface area contributed by atoms with Gasteiger partial charge in [-0.1, -0.05) is 30.8 Å². The zero-order valence-electron chi connectivity index (χ0n) is 18.7. The van der Waals surface area contributed by atoms with Gasteiger partial charge in [-0.05, 0) is 55.3 Å². The number of hydrogen-bond donors (Lipinski definition) is 1. The summed E-state index contributed by atoms with van der Waals surface area (Å²) in [7, 11) is 0. The molecule has 10 heteroatoms. The fraction of sp³-hybridized carbons (Fsp3) is 0.292. The number of thioether (sulfide) groups is 2. The number of anilines is 1. The van der Waals surface area contributed by atoms with E-state index < -0.39 is 17.6 Å². The maximum absolute atomic E-state index is 13.4. The highest BCUT2D eigenvalue weighted by atomic mass is 32.2. The number of amides is 1. The zero-order chi connectivity index (χ0) is 24.6. The Balaban J connectivity index is 1.62. The lowest BCUT2D eigenvalue weighted by Gasteiger charge is -2.15. The third-order valence-corrected chi connectivity index (χ3v) is 7.31. The maximum Gasteiger partial charge on any atom is 0.416 e. The Morgan fingerprint density at radius 3 is 2.59 bits per heavy atom. The molecule has 0 radical (unpaired) electrons. The third-order valence-electron chi connectivity index (χ3n) is 5.15. The van der Waals surface area contributed by atoms with Crippen LogP contribution in [0.15, 0.2) is 57.3 Å². The first-order valence-electron chi connectivity index (χ1n) is 10.5. The van der Waals surface area contributed by atoms with Crippen molar-refractivity contribution in [1.29, 1.82) is 0 Å². The Bertz CT molecular complexity index is 1300. The number of halogens is 3. The minimum Gasteiger partial charge on any atom is -0.325 e. The number of rotatable bonds is 5. The molecule has 1 N–H and O–H groups in total. The van der Waals surface area contributed by atoms with Gasteiger partial charge in [0.25, 0.3) is 5.56 Å². The van der Waals surface area contributed by atoms with E-state index >= 15 is 0 Å². The first-order valence-corrected chi connectivity index (χ1v) is 12.4. The summed E-state index contributed by atoms with van der Waals surface area (Å²) >= 11 is 2.58.